The van der Waals surface area contributed by atoms with Gasteiger partial charge in [0, 0.05) is 11.6 Å². The SMILES string of the molecule is CCCC1CCC(C(NC)c2c(F)cccc2F)CC1. The molecule has 1 aromatic rings. The molecule has 0 radical (unpaired) electrons. The molecule has 1 fully saturated rings. The maximum Gasteiger partial charge on any atom is 0.130 e. The third-order valence-electron chi connectivity index (χ3n) is 4.68. The lowest BCUT2D eigenvalue weighted by Crippen LogP contribution is -2.30. The summed E-state index contributed by atoms with van der Waals surface area (Å²) in [6.45, 7) is 2.22. The van der Waals surface area contributed by atoms with Gasteiger partial charge in [0.25, 0.3) is 0 Å². The van der Waals surface area contributed by atoms with Crippen LogP contribution in [0.15, 0.2) is 18.2 Å². The van der Waals surface area contributed by atoms with Crippen molar-refractivity contribution in [2.75, 3.05) is 7.05 Å². The van der Waals surface area contributed by atoms with Crippen LogP contribution in [0.2, 0.25) is 0 Å². The minimum Gasteiger partial charge on any atom is -0.313 e. The largest absolute Gasteiger partial charge is 0.313 e. The number of rotatable bonds is 5. The fourth-order valence-corrected chi connectivity index (χ4v) is 3.64. The zero-order valence-corrected chi connectivity index (χ0v) is 12.5. The van der Waals surface area contributed by atoms with Crippen molar-refractivity contribution in [1.82, 2.24) is 5.32 Å². The average molecular weight is 281 g/mol. The van der Waals surface area contributed by atoms with E-state index in [0.717, 1.165) is 18.8 Å². The second kappa shape index (κ2) is 7.16. The Kier molecular flexibility index (Phi) is 5.53. The molecular weight excluding hydrogens is 256 g/mol. The van der Waals surface area contributed by atoms with E-state index in [2.05, 4.69) is 12.2 Å². The lowest BCUT2D eigenvalue weighted by atomic mass is 9.75. The summed E-state index contributed by atoms with van der Waals surface area (Å²) in [4.78, 5) is 0. The monoisotopic (exact) mass is 281 g/mol. The zero-order valence-electron chi connectivity index (χ0n) is 12.5. The van der Waals surface area contributed by atoms with Gasteiger partial charge in [-0.15, -0.1) is 0 Å². The summed E-state index contributed by atoms with van der Waals surface area (Å²) in [5.41, 5.74) is 0.217. The molecule has 1 aliphatic carbocycles. The van der Waals surface area contributed by atoms with Gasteiger partial charge >= 0.3 is 0 Å². The van der Waals surface area contributed by atoms with E-state index in [1.54, 1.807) is 7.05 Å². The van der Waals surface area contributed by atoms with Gasteiger partial charge < -0.3 is 5.32 Å². The number of benzene rings is 1. The Hall–Kier alpha value is -0.960. The third-order valence-corrected chi connectivity index (χ3v) is 4.68. The highest BCUT2D eigenvalue weighted by molar-refractivity contribution is 5.24. The summed E-state index contributed by atoms with van der Waals surface area (Å²) in [5, 5.41) is 3.14. The van der Waals surface area contributed by atoms with E-state index in [1.165, 1.54) is 43.9 Å². The lowest BCUT2D eigenvalue weighted by Gasteiger charge is -2.34. The van der Waals surface area contributed by atoms with E-state index in [0.29, 0.717) is 5.92 Å². The fourth-order valence-electron chi connectivity index (χ4n) is 3.64. The van der Waals surface area contributed by atoms with Gasteiger partial charge in [0.05, 0.1) is 0 Å². The number of nitrogens with one attached hydrogen (secondary N) is 1. The summed E-state index contributed by atoms with van der Waals surface area (Å²) < 4.78 is 27.9. The van der Waals surface area contributed by atoms with Crippen LogP contribution in [0.3, 0.4) is 0 Å². The summed E-state index contributed by atoms with van der Waals surface area (Å²) in [6, 6.07) is 3.93. The molecule has 1 aliphatic rings. The number of hydrogen-bond donors (Lipinski definition) is 1. The maximum absolute atomic E-state index is 14.0. The van der Waals surface area contributed by atoms with E-state index in [1.807, 2.05) is 0 Å². The van der Waals surface area contributed by atoms with Crippen LogP contribution in [0.1, 0.15) is 57.1 Å². The molecule has 0 spiro atoms. The Labute approximate surface area is 120 Å². The predicted octanol–water partition coefficient (Wildman–Crippen LogP) is 4.83. The van der Waals surface area contributed by atoms with Gasteiger partial charge in [0.2, 0.25) is 0 Å². The van der Waals surface area contributed by atoms with Crippen LogP contribution in [-0.4, -0.2) is 7.05 Å². The number of halogens is 2. The van der Waals surface area contributed by atoms with Crippen molar-refractivity contribution in [3.8, 4) is 0 Å². The van der Waals surface area contributed by atoms with E-state index >= 15 is 0 Å². The predicted molar refractivity (Wildman–Crippen MR) is 78.5 cm³/mol. The van der Waals surface area contributed by atoms with Crippen LogP contribution in [0.4, 0.5) is 8.78 Å². The van der Waals surface area contributed by atoms with E-state index in [9.17, 15) is 8.78 Å². The first-order valence-electron chi connectivity index (χ1n) is 7.78. The van der Waals surface area contributed by atoms with Crippen molar-refractivity contribution in [2.24, 2.45) is 11.8 Å². The zero-order chi connectivity index (χ0) is 14.5. The molecule has 1 saturated carbocycles. The highest BCUT2D eigenvalue weighted by Crippen LogP contribution is 2.39. The first-order valence-corrected chi connectivity index (χ1v) is 7.78. The molecule has 1 atom stereocenters. The van der Waals surface area contributed by atoms with Crippen LogP contribution in [-0.2, 0) is 0 Å². The van der Waals surface area contributed by atoms with Crippen LogP contribution < -0.4 is 5.32 Å². The minimum atomic E-state index is -0.431. The van der Waals surface area contributed by atoms with Gasteiger partial charge in [-0.3, -0.25) is 0 Å². The maximum atomic E-state index is 14.0. The molecule has 1 aromatic carbocycles. The van der Waals surface area contributed by atoms with Crippen molar-refractivity contribution in [2.45, 2.75) is 51.5 Å². The van der Waals surface area contributed by atoms with Crippen LogP contribution in [0, 0.1) is 23.5 Å². The molecule has 1 unspecified atom stereocenters. The standard InChI is InChI=1S/C17H25F2N/c1-3-5-12-8-10-13(11-9-12)17(20-2)16-14(18)6-4-7-15(16)19/h4,6-7,12-13,17,20H,3,5,8-11H2,1-2H3. The highest BCUT2D eigenvalue weighted by Gasteiger charge is 2.30. The second-order valence-corrected chi connectivity index (χ2v) is 5.97. The normalized spacial score (nSPS) is 24.6. The molecule has 112 valence electrons. The molecule has 0 aromatic heterocycles. The fraction of sp³-hybridized carbons (Fsp3) is 0.647. The average Bonchev–Trinajstić information content (AvgIpc) is 2.45. The van der Waals surface area contributed by atoms with Gasteiger partial charge in [-0.25, -0.2) is 8.78 Å². The van der Waals surface area contributed by atoms with Crippen LogP contribution >= 0.6 is 0 Å². The van der Waals surface area contributed by atoms with E-state index < -0.39 is 11.6 Å². The first kappa shape index (κ1) is 15.4. The molecular formula is C17H25F2N. The Morgan fingerprint density at radius 3 is 2.25 bits per heavy atom. The topological polar surface area (TPSA) is 12.0 Å². The quantitative estimate of drug-likeness (QED) is 0.815. The molecule has 0 aliphatic heterocycles. The summed E-state index contributed by atoms with van der Waals surface area (Å²) in [7, 11) is 1.80. The van der Waals surface area contributed by atoms with Crippen molar-refractivity contribution in [1.29, 1.82) is 0 Å². The Morgan fingerprint density at radius 1 is 1.15 bits per heavy atom. The summed E-state index contributed by atoms with van der Waals surface area (Å²) in [5.74, 6) is 0.277. The highest BCUT2D eigenvalue weighted by atomic mass is 19.1. The third kappa shape index (κ3) is 3.38. The van der Waals surface area contributed by atoms with Gasteiger partial charge in [0.1, 0.15) is 11.6 Å². The van der Waals surface area contributed by atoms with Gasteiger partial charge in [-0.2, -0.15) is 0 Å². The first-order chi connectivity index (χ1) is 9.67. The molecule has 2 rings (SSSR count). The molecule has 0 amide bonds. The molecule has 1 N–H and O–H groups in total. The van der Waals surface area contributed by atoms with Gasteiger partial charge in [0.15, 0.2) is 0 Å². The Morgan fingerprint density at radius 2 is 1.75 bits per heavy atom. The van der Waals surface area contributed by atoms with E-state index in [-0.39, 0.29) is 11.6 Å². The smallest absolute Gasteiger partial charge is 0.130 e. The molecule has 20 heavy (non-hydrogen) atoms. The Bertz CT molecular complexity index is 405. The molecule has 0 saturated heterocycles. The lowest BCUT2D eigenvalue weighted by molar-refractivity contribution is 0.214. The van der Waals surface area contributed by atoms with Crippen LogP contribution in [0.5, 0.6) is 0 Å². The Balaban J connectivity index is 2.10. The second-order valence-electron chi connectivity index (χ2n) is 5.97. The van der Waals surface area contributed by atoms with Gasteiger partial charge in [-0.1, -0.05) is 38.7 Å². The van der Waals surface area contributed by atoms with Crippen molar-refractivity contribution in [3.63, 3.8) is 0 Å². The molecule has 0 heterocycles. The van der Waals surface area contributed by atoms with Crippen molar-refractivity contribution >= 4 is 0 Å². The van der Waals surface area contributed by atoms with Gasteiger partial charge in [-0.05, 0) is 43.9 Å². The van der Waals surface area contributed by atoms with Crippen LogP contribution in [0.25, 0.3) is 0 Å². The molecule has 1 nitrogen and oxygen atoms in total. The minimum absolute atomic E-state index is 0.209. The van der Waals surface area contributed by atoms with Crippen molar-refractivity contribution < 1.29 is 8.78 Å². The summed E-state index contributed by atoms with van der Waals surface area (Å²) >= 11 is 0. The van der Waals surface area contributed by atoms with Crippen molar-refractivity contribution in [3.05, 3.63) is 35.4 Å². The van der Waals surface area contributed by atoms with E-state index in [4.69, 9.17) is 0 Å². The molecule has 3 heteroatoms. The molecule has 0 bridgehead atoms. The number of hydrogen-bond acceptors (Lipinski definition) is 1. The summed E-state index contributed by atoms with van der Waals surface area (Å²) in [6.07, 6.45) is 7.01.